The maximum Gasteiger partial charge on any atom is 0.0200 e. The van der Waals surface area contributed by atoms with Gasteiger partial charge in [-0.05, 0) is 49.6 Å². The highest BCUT2D eigenvalue weighted by Crippen LogP contribution is 2.26. The number of likely N-dealkylation sites (tertiary alicyclic amines) is 1. The van der Waals surface area contributed by atoms with Crippen LogP contribution >= 0.6 is 11.3 Å². The van der Waals surface area contributed by atoms with E-state index in [1.165, 1.54) is 45.3 Å². The van der Waals surface area contributed by atoms with E-state index in [4.69, 9.17) is 0 Å². The fourth-order valence-corrected chi connectivity index (χ4v) is 3.95. The van der Waals surface area contributed by atoms with Gasteiger partial charge in [0.15, 0.2) is 0 Å². The summed E-state index contributed by atoms with van der Waals surface area (Å²) in [5, 5.41) is 6.03. The summed E-state index contributed by atoms with van der Waals surface area (Å²) >= 11 is 1.91. The van der Waals surface area contributed by atoms with E-state index >= 15 is 0 Å². The number of hydrogen-bond acceptors (Lipinski definition) is 3. The van der Waals surface area contributed by atoms with E-state index in [1.54, 1.807) is 4.88 Å². The monoisotopic (exact) mass is 264 g/mol. The van der Waals surface area contributed by atoms with E-state index in [2.05, 4.69) is 34.7 Å². The molecule has 1 aromatic heterocycles. The van der Waals surface area contributed by atoms with Gasteiger partial charge < -0.3 is 10.2 Å². The predicted molar refractivity (Wildman–Crippen MR) is 78.2 cm³/mol. The number of piperidine rings is 1. The number of thiophene rings is 1. The van der Waals surface area contributed by atoms with Gasteiger partial charge in [0.05, 0.1) is 0 Å². The topological polar surface area (TPSA) is 15.3 Å². The van der Waals surface area contributed by atoms with Gasteiger partial charge >= 0.3 is 0 Å². The first-order chi connectivity index (χ1) is 8.83. The Balaban J connectivity index is 1.58. The minimum atomic E-state index is 0.733. The zero-order chi connectivity index (χ0) is 12.4. The molecule has 0 radical (unpaired) electrons. The van der Waals surface area contributed by atoms with Crippen LogP contribution in [0.3, 0.4) is 0 Å². The standard InChI is InChI=1S/C15H24N2S/c1-2-17-10-12(9-15-4-3-7-18-15)8-14(11-17)16-13-5-6-13/h3-4,7,12-14,16H,2,5-6,8-11H2,1H3. The molecule has 0 aromatic carbocycles. The average Bonchev–Trinajstić information content (AvgIpc) is 3.03. The van der Waals surface area contributed by atoms with E-state index in [1.807, 2.05) is 11.3 Å². The highest BCUT2D eigenvalue weighted by molar-refractivity contribution is 7.09. The van der Waals surface area contributed by atoms with Gasteiger partial charge in [0, 0.05) is 30.1 Å². The van der Waals surface area contributed by atoms with Crippen LogP contribution in [0.5, 0.6) is 0 Å². The number of nitrogens with one attached hydrogen (secondary N) is 1. The number of rotatable bonds is 5. The fraction of sp³-hybridized carbons (Fsp3) is 0.733. The lowest BCUT2D eigenvalue weighted by atomic mass is 9.91. The molecule has 2 fully saturated rings. The molecule has 3 heteroatoms. The first-order valence-electron chi connectivity index (χ1n) is 7.34. The zero-order valence-electron chi connectivity index (χ0n) is 11.3. The number of nitrogens with zero attached hydrogens (tertiary/aromatic N) is 1. The average molecular weight is 264 g/mol. The van der Waals surface area contributed by atoms with Crippen LogP contribution in [0.15, 0.2) is 17.5 Å². The quantitative estimate of drug-likeness (QED) is 0.880. The lowest BCUT2D eigenvalue weighted by Gasteiger charge is -2.37. The molecule has 1 saturated heterocycles. The van der Waals surface area contributed by atoms with Crippen LogP contribution in [0.25, 0.3) is 0 Å². The van der Waals surface area contributed by atoms with Crippen molar-refractivity contribution in [2.24, 2.45) is 5.92 Å². The van der Waals surface area contributed by atoms with Crippen molar-refractivity contribution in [3.63, 3.8) is 0 Å². The van der Waals surface area contributed by atoms with Gasteiger partial charge in [-0.3, -0.25) is 0 Å². The highest BCUT2D eigenvalue weighted by Gasteiger charge is 2.31. The predicted octanol–water partition coefficient (Wildman–Crippen LogP) is 2.75. The van der Waals surface area contributed by atoms with Crippen LogP contribution in [-0.2, 0) is 6.42 Å². The Hall–Kier alpha value is -0.380. The van der Waals surface area contributed by atoms with Crippen LogP contribution in [-0.4, -0.2) is 36.6 Å². The van der Waals surface area contributed by atoms with E-state index in [-0.39, 0.29) is 0 Å². The lowest BCUT2D eigenvalue weighted by Crippen LogP contribution is -2.50. The van der Waals surface area contributed by atoms with Crippen molar-refractivity contribution in [2.45, 2.75) is 44.7 Å². The minimum Gasteiger partial charge on any atom is -0.310 e. The summed E-state index contributed by atoms with van der Waals surface area (Å²) in [6.45, 7) is 6.04. The summed E-state index contributed by atoms with van der Waals surface area (Å²) in [5.74, 6) is 0.841. The molecule has 1 saturated carbocycles. The first kappa shape index (κ1) is 12.6. The maximum absolute atomic E-state index is 3.83. The van der Waals surface area contributed by atoms with Crippen molar-refractivity contribution in [3.8, 4) is 0 Å². The maximum atomic E-state index is 3.83. The first-order valence-corrected chi connectivity index (χ1v) is 8.22. The van der Waals surface area contributed by atoms with Crippen molar-refractivity contribution >= 4 is 11.3 Å². The van der Waals surface area contributed by atoms with Crippen molar-refractivity contribution in [2.75, 3.05) is 19.6 Å². The molecule has 2 atom stereocenters. The molecule has 2 unspecified atom stereocenters. The van der Waals surface area contributed by atoms with Crippen molar-refractivity contribution < 1.29 is 0 Å². The van der Waals surface area contributed by atoms with Crippen molar-refractivity contribution in [1.82, 2.24) is 10.2 Å². The second kappa shape index (κ2) is 5.72. The Morgan fingerprint density at radius 3 is 2.89 bits per heavy atom. The Labute approximate surface area is 114 Å². The highest BCUT2D eigenvalue weighted by atomic mass is 32.1. The van der Waals surface area contributed by atoms with Gasteiger partial charge in [0.25, 0.3) is 0 Å². The third-order valence-electron chi connectivity index (χ3n) is 4.18. The van der Waals surface area contributed by atoms with Crippen LogP contribution < -0.4 is 5.32 Å². The Morgan fingerprint density at radius 2 is 2.22 bits per heavy atom. The molecule has 2 aliphatic rings. The Bertz CT molecular complexity index is 359. The fourth-order valence-electron chi connectivity index (χ4n) is 3.13. The van der Waals surface area contributed by atoms with E-state index in [9.17, 15) is 0 Å². The molecular weight excluding hydrogens is 240 g/mol. The molecule has 1 N–H and O–H groups in total. The molecule has 0 spiro atoms. The van der Waals surface area contributed by atoms with Crippen LogP contribution in [0.4, 0.5) is 0 Å². The second-order valence-corrected chi connectivity index (χ2v) is 6.91. The second-order valence-electron chi connectivity index (χ2n) is 5.88. The van der Waals surface area contributed by atoms with E-state index in [0.29, 0.717) is 0 Å². The summed E-state index contributed by atoms with van der Waals surface area (Å²) in [4.78, 5) is 4.19. The summed E-state index contributed by atoms with van der Waals surface area (Å²) < 4.78 is 0. The largest absolute Gasteiger partial charge is 0.310 e. The molecule has 2 nitrogen and oxygen atoms in total. The Kier molecular flexibility index (Phi) is 4.02. The minimum absolute atomic E-state index is 0.733. The molecule has 3 rings (SSSR count). The van der Waals surface area contributed by atoms with E-state index in [0.717, 1.165) is 18.0 Å². The molecule has 0 bridgehead atoms. The molecule has 1 aliphatic carbocycles. The van der Waals surface area contributed by atoms with Crippen molar-refractivity contribution in [1.29, 1.82) is 0 Å². The molecule has 18 heavy (non-hydrogen) atoms. The van der Waals surface area contributed by atoms with Crippen LogP contribution in [0.1, 0.15) is 31.1 Å². The van der Waals surface area contributed by atoms with Gasteiger partial charge in [0.1, 0.15) is 0 Å². The summed E-state index contributed by atoms with van der Waals surface area (Å²) in [7, 11) is 0. The zero-order valence-corrected chi connectivity index (χ0v) is 12.1. The molecular formula is C15H24N2S. The third kappa shape index (κ3) is 3.34. The normalized spacial score (nSPS) is 29.6. The van der Waals surface area contributed by atoms with Crippen molar-refractivity contribution in [3.05, 3.63) is 22.4 Å². The SMILES string of the molecule is CCN1CC(Cc2cccs2)CC(NC2CC2)C1. The van der Waals surface area contributed by atoms with Gasteiger partial charge in [-0.1, -0.05) is 13.0 Å². The summed E-state index contributed by atoms with van der Waals surface area (Å²) in [6, 6.07) is 6.05. The third-order valence-corrected chi connectivity index (χ3v) is 5.08. The smallest absolute Gasteiger partial charge is 0.0200 e. The van der Waals surface area contributed by atoms with Crippen LogP contribution in [0, 0.1) is 5.92 Å². The molecule has 1 aromatic rings. The molecule has 0 amide bonds. The van der Waals surface area contributed by atoms with Gasteiger partial charge in [-0.2, -0.15) is 0 Å². The molecule has 100 valence electrons. The van der Waals surface area contributed by atoms with Gasteiger partial charge in [-0.15, -0.1) is 11.3 Å². The number of hydrogen-bond donors (Lipinski definition) is 1. The number of likely N-dealkylation sites (N-methyl/N-ethyl adjacent to an activating group) is 1. The van der Waals surface area contributed by atoms with E-state index < -0.39 is 0 Å². The Morgan fingerprint density at radius 1 is 1.33 bits per heavy atom. The van der Waals surface area contributed by atoms with Gasteiger partial charge in [0.2, 0.25) is 0 Å². The molecule has 2 heterocycles. The lowest BCUT2D eigenvalue weighted by molar-refractivity contribution is 0.146. The molecule has 1 aliphatic heterocycles. The summed E-state index contributed by atoms with van der Waals surface area (Å²) in [5.41, 5.74) is 0. The van der Waals surface area contributed by atoms with Crippen LogP contribution in [0.2, 0.25) is 0 Å². The summed E-state index contributed by atoms with van der Waals surface area (Å²) in [6.07, 6.45) is 5.44. The van der Waals surface area contributed by atoms with Gasteiger partial charge in [-0.25, -0.2) is 0 Å².